The highest BCUT2D eigenvalue weighted by Crippen LogP contribution is 2.33. The lowest BCUT2D eigenvalue weighted by Crippen LogP contribution is -2.40. The van der Waals surface area contributed by atoms with Crippen LogP contribution in [0.4, 0.5) is 5.69 Å². The number of carbonyl (C=O) groups is 1. The molecule has 1 N–H and O–H groups in total. The van der Waals surface area contributed by atoms with Gasteiger partial charge in [0.1, 0.15) is 12.4 Å². The Morgan fingerprint density at radius 1 is 1.21 bits per heavy atom. The molecule has 0 bridgehead atoms. The van der Waals surface area contributed by atoms with Crippen LogP contribution in [0.1, 0.15) is 0 Å². The molecule has 1 aliphatic heterocycles. The number of halogens is 1. The highest BCUT2D eigenvalue weighted by atomic mass is 35.5. The van der Waals surface area contributed by atoms with Crippen LogP contribution in [0.2, 0.25) is 5.02 Å². The number of carbonyl (C=O) groups excluding carboxylic acids is 1. The zero-order valence-corrected chi connectivity index (χ0v) is 14.8. The molecule has 2 aromatic carbocycles. The summed E-state index contributed by atoms with van der Waals surface area (Å²) in [6, 6.07) is 15.4. The molecule has 0 unspecified atom stereocenters. The van der Waals surface area contributed by atoms with Crippen LogP contribution in [0.15, 0.2) is 53.4 Å². The van der Waals surface area contributed by atoms with Crippen LogP contribution >= 0.6 is 23.4 Å². The number of nitrogens with one attached hydrogen (secondary N) is 1. The zero-order chi connectivity index (χ0) is 16.8. The van der Waals surface area contributed by atoms with Gasteiger partial charge in [-0.3, -0.25) is 4.79 Å². The van der Waals surface area contributed by atoms with Crippen LogP contribution < -0.4 is 15.0 Å². The quantitative estimate of drug-likeness (QED) is 0.799. The van der Waals surface area contributed by atoms with Gasteiger partial charge in [0, 0.05) is 22.2 Å². The van der Waals surface area contributed by atoms with Gasteiger partial charge in [0.25, 0.3) is 0 Å². The van der Waals surface area contributed by atoms with Gasteiger partial charge in [-0.05, 0) is 36.4 Å². The molecule has 3 rings (SSSR count). The van der Waals surface area contributed by atoms with Crippen LogP contribution in [-0.4, -0.2) is 37.9 Å². The van der Waals surface area contributed by atoms with Gasteiger partial charge >= 0.3 is 0 Å². The van der Waals surface area contributed by atoms with Crippen molar-refractivity contribution < 1.29 is 9.53 Å². The van der Waals surface area contributed by atoms with E-state index in [1.807, 2.05) is 36.0 Å². The number of rotatable bonds is 6. The Hall–Kier alpha value is -1.85. The largest absolute Gasteiger partial charge is 0.492 e. The van der Waals surface area contributed by atoms with Crippen molar-refractivity contribution in [1.82, 2.24) is 5.32 Å². The second kappa shape index (κ2) is 8.31. The van der Waals surface area contributed by atoms with Crippen molar-refractivity contribution in [3.05, 3.63) is 53.6 Å². The number of anilines is 1. The van der Waals surface area contributed by atoms with E-state index in [1.165, 1.54) is 4.90 Å². The first-order chi connectivity index (χ1) is 11.7. The topological polar surface area (TPSA) is 41.6 Å². The highest BCUT2D eigenvalue weighted by Gasteiger charge is 2.18. The lowest BCUT2D eigenvalue weighted by atomic mass is 10.2. The molecule has 0 aliphatic carbocycles. The molecule has 0 saturated carbocycles. The first kappa shape index (κ1) is 17.0. The number of para-hydroxylation sites is 1. The van der Waals surface area contributed by atoms with Crippen LogP contribution in [0.3, 0.4) is 0 Å². The minimum Gasteiger partial charge on any atom is -0.492 e. The zero-order valence-electron chi connectivity index (χ0n) is 13.2. The molecular formula is C18H19ClN2O2S. The fourth-order valence-electron chi connectivity index (χ4n) is 2.51. The molecule has 0 radical (unpaired) electrons. The molecule has 0 aromatic heterocycles. The number of ether oxygens (including phenoxy) is 1. The summed E-state index contributed by atoms with van der Waals surface area (Å²) in [5.41, 5.74) is 1.14. The maximum atomic E-state index is 12.1. The molecule has 0 atom stereocenters. The van der Waals surface area contributed by atoms with E-state index in [-0.39, 0.29) is 5.91 Å². The average molecular weight is 363 g/mol. The molecule has 0 saturated heterocycles. The minimum absolute atomic E-state index is 0.0106. The summed E-state index contributed by atoms with van der Waals surface area (Å²) in [5.74, 6) is 1.76. The van der Waals surface area contributed by atoms with Crippen LogP contribution in [0.25, 0.3) is 0 Å². The van der Waals surface area contributed by atoms with Crippen LogP contribution in [0, 0.1) is 0 Å². The van der Waals surface area contributed by atoms with E-state index in [1.54, 1.807) is 12.1 Å². The molecule has 0 fully saturated rings. The Morgan fingerprint density at radius 2 is 2.00 bits per heavy atom. The summed E-state index contributed by atoms with van der Waals surface area (Å²) < 4.78 is 5.57. The first-order valence-electron chi connectivity index (χ1n) is 7.84. The third-order valence-electron chi connectivity index (χ3n) is 3.67. The van der Waals surface area contributed by atoms with Gasteiger partial charge in [-0.2, -0.15) is 0 Å². The molecule has 1 heterocycles. The van der Waals surface area contributed by atoms with Crippen molar-refractivity contribution >= 4 is 35.0 Å². The first-order valence-corrected chi connectivity index (χ1v) is 9.20. The standard InChI is InChI=1S/C18H19ClN2O2S/c19-14-5-7-15(8-6-14)23-11-9-20-18(22)13-21-10-12-24-17-4-2-1-3-16(17)21/h1-8H,9-13H2,(H,20,22). The van der Waals surface area contributed by atoms with Gasteiger partial charge in [0.15, 0.2) is 0 Å². The second-order valence-electron chi connectivity index (χ2n) is 5.39. The molecule has 126 valence electrons. The SMILES string of the molecule is O=C(CN1CCSc2ccccc21)NCCOc1ccc(Cl)cc1. The molecular weight excluding hydrogens is 344 g/mol. The number of amides is 1. The second-order valence-corrected chi connectivity index (χ2v) is 6.96. The number of thioether (sulfide) groups is 1. The fraction of sp³-hybridized carbons (Fsp3) is 0.278. The third kappa shape index (κ3) is 4.58. The average Bonchev–Trinajstić information content (AvgIpc) is 2.61. The Bertz CT molecular complexity index is 694. The van der Waals surface area contributed by atoms with Crippen LogP contribution in [0.5, 0.6) is 5.75 Å². The fourth-order valence-corrected chi connectivity index (χ4v) is 3.69. The maximum Gasteiger partial charge on any atom is 0.239 e. The molecule has 0 spiro atoms. The normalized spacial score (nSPS) is 13.3. The Balaban J connectivity index is 1.42. The maximum absolute atomic E-state index is 12.1. The predicted molar refractivity (Wildman–Crippen MR) is 99.3 cm³/mol. The van der Waals surface area contributed by atoms with Crippen molar-refractivity contribution in [1.29, 1.82) is 0 Å². The van der Waals surface area contributed by atoms with E-state index in [0.717, 1.165) is 23.7 Å². The van der Waals surface area contributed by atoms with Crippen molar-refractivity contribution in [2.75, 3.05) is 36.9 Å². The monoisotopic (exact) mass is 362 g/mol. The Kier molecular flexibility index (Phi) is 5.88. The van der Waals surface area contributed by atoms with Gasteiger partial charge in [-0.1, -0.05) is 23.7 Å². The summed E-state index contributed by atoms with van der Waals surface area (Å²) in [6.07, 6.45) is 0. The van der Waals surface area contributed by atoms with Gasteiger partial charge in [0.05, 0.1) is 18.8 Å². The third-order valence-corrected chi connectivity index (χ3v) is 4.96. The molecule has 24 heavy (non-hydrogen) atoms. The van der Waals surface area contributed by atoms with Gasteiger partial charge < -0.3 is 15.0 Å². The van der Waals surface area contributed by atoms with Crippen LogP contribution in [-0.2, 0) is 4.79 Å². The Labute approximate surface area is 151 Å². The van der Waals surface area contributed by atoms with Gasteiger partial charge in [0.2, 0.25) is 5.91 Å². The summed E-state index contributed by atoms with van der Waals surface area (Å²) in [7, 11) is 0. The van der Waals surface area contributed by atoms with Crippen molar-refractivity contribution in [3.8, 4) is 5.75 Å². The van der Waals surface area contributed by atoms with Crippen molar-refractivity contribution in [3.63, 3.8) is 0 Å². The van der Waals surface area contributed by atoms with Crippen molar-refractivity contribution in [2.45, 2.75) is 4.90 Å². The smallest absolute Gasteiger partial charge is 0.239 e. The van der Waals surface area contributed by atoms with E-state index >= 15 is 0 Å². The molecule has 1 aliphatic rings. The summed E-state index contributed by atoms with van der Waals surface area (Å²) in [5, 5.41) is 3.58. The number of benzene rings is 2. The summed E-state index contributed by atoms with van der Waals surface area (Å²) in [6.45, 7) is 2.17. The van der Waals surface area contributed by atoms with Gasteiger partial charge in [-0.25, -0.2) is 0 Å². The van der Waals surface area contributed by atoms with E-state index in [2.05, 4.69) is 22.3 Å². The highest BCUT2D eigenvalue weighted by molar-refractivity contribution is 7.99. The lowest BCUT2D eigenvalue weighted by molar-refractivity contribution is -0.119. The molecule has 6 heteroatoms. The molecule has 1 amide bonds. The molecule has 2 aromatic rings. The number of fused-ring (bicyclic) bond motifs is 1. The number of hydrogen-bond acceptors (Lipinski definition) is 4. The molecule has 4 nitrogen and oxygen atoms in total. The van der Waals surface area contributed by atoms with E-state index in [0.29, 0.717) is 24.7 Å². The number of hydrogen-bond donors (Lipinski definition) is 1. The van der Waals surface area contributed by atoms with E-state index in [4.69, 9.17) is 16.3 Å². The summed E-state index contributed by atoms with van der Waals surface area (Å²) in [4.78, 5) is 15.5. The van der Waals surface area contributed by atoms with Crippen molar-refractivity contribution in [2.24, 2.45) is 0 Å². The van der Waals surface area contributed by atoms with Gasteiger partial charge in [-0.15, -0.1) is 11.8 Å². The minimum atomic E-state index is 0.0106. The Morgan fingerprint density at radius 3 is 2.83 bits per heavy atom. The number of nitrogens with zero attached hydrogens (tertiary/aromatic N) is 1. The lowest BCUT2D eigenvalue weighted by Gasteiger charge is -2.30. The van der Waals surface area contributed by atoms with E-state index < -0.39 is 0 Å². The summed E-state index contributed by atoms with van der Waals surface area (Å²) >= 11 is 7.66. The van der Waals surface area contributed by atoms with E-state index in [9.17, 15) is 4.79 Å². The predicted octanol–water partition coefficient (Wildman–Crippen LogP) is 3.45.